The summed E-state index contributed by atoms with van der Waals surface area (Å²) in [7, 11) is 1.57. The number of carbonyl (C=O) groups excluding carboxylic acids is 1. The molecule has 0 bridgehead atoms. The number of Topliss-reactive ketones (excluding diaryl/α,β-unsaturated/α-hetero) is 1. The molecule has 0 saturated carbocycles. The van der Waals surface area contributed by atoms with Crippen LogP contribution in [0.4, 0.5) is 0 Å². The Morgan fingerprint density at radius 2 is 1.94 bits per heavy atom. The molecule has 1 heterocycles. The second kappa shape index (κ2) is 5.31. The van der Waals surface area contributed by atoms with Gasteiger partial charge in [-0.05, 0) is 30.3 Å². The lowest BCUT2D eigenvalue weighted by Crippen LogP contribution is -2.32. The molecule has 0 unspecified atom stereocenters. The van der Waals surface area contributed by atoms with Gasteiger partial charge in [0.15, 0.2) is 12.0 Å². The second-order valence-corrected chi connectivity index (χ2v) is 3.85. The summed E-state index contributed by atoms with van der Waals surface area (Å²) in [5.74, 6) is 0.610. The number of carbonyl (C=O) groups is 1. The van der Waals surface area contributed by atoms with Crippen molar-refractivity contribution in [2.45, 2.75) is 6.42 Å². The first-order valence-corrected chi connectivity index (χ1v) is 5.55. The molecule has 0 fully saturated rings. The SMILES string of the molecule is COc1ccc(C(=O)Cc2cccc[n+]2[O-])cc1. The molecule has 0 radical (unpaired) electrons. The van der Waals surface area contributed by atoms with E-state index in [9.17, 15) is 10.0 Å². The van der Waals surface area contributed by atoms with E-state index in [0.29, 0.717) is 21.7 Å². The van der Waals surface area contributed by atoms with Gasteiger partial charge in [0.25, 0.3) is 0 Å². The largest absolute Gasteiger partial charge is 0.618 e. The Kier molecular flexibility index (Phi) is 3.57. The predicted molar refractivity (Wildman–Crippen MR) is 66.4 cm³/mol. The number of aromatic nitrogens is 1. The molecule has 1 aromatic heterocycles. The Bertz CT molecular complexity index is 549. The van der Waals surface area contributed by atoms with Gasteiger partial charge in [-0.3, -0.25) is 4.79 Å². The van der Waals surface area contributed by atoms with Crippen molar-refractivity contribution < 1.29 is 14.3 Å². The van der Waals surface area contributed by atoms with Crippen LogP contribution in [0.5, 0.6) is 5.75 Å². The Morgan fingerprint density at radius 3 is 2.56 bits per heavy atom. The van der Waals surface area contributed by atoms with Crippen molar-refractivity contribution in [2.24, 2.45) is 0 Å². The molecule has 18 heavy (non-hydrogen) atoms. The van der Waals surface area contributed by atoms with E-state index in [1.807, 2.05) is 0 Å². The number of ketones is 1. The second-order valence-electron chi connectivity index (χ2n) is 3.85. The number of ether oxygens (including phenoxy) is 1. The van der Waals surface area contributed by atoms with Crippen LogP contribution in [0.25, 0.3) is 0 Å². The molecule has 0 aliphatic rings. The van der Waals surface area contributed by atoms with Crippen molar-refractivity contribution in [1.82, 2.24) is 0 Å². The highest BCUT2D eigenvalue weighted by Crippen LogP contribution is 2.12. The molecule has 0 spiro atoms. The van der Waals surface area contributed by atoms with Crippen LogP contribution in [-0.2, 0) is 6.42 Å². The molecular weight excluding hydrogens is 230 g/mol. The van der Waals surface area contributed by atoms with Crippen LogP contribution in [0, 0.1) is 5.21 Å². The van der Waals surface area contributed by atoms with Gasteiger partial charge in [0.2, 0.25) is 5.69 Å². The third-order valence-corrected chi connectivity index (χ3v) is 2.66. The van der Waals surface area contributed by atoms with E-state index in [-0.39, 0.29) is 12.2 Å². The fraction of sp³-hybridized carbons (Fsp3) is 0.143. The highest BCUT2D eigenvalue weighted by Gasteiger charge is 2.12. The summed E-state index contributed by atoms with van der Waals surface area (Å²) in [5.41, 5.74) is 1.01. The highest BCUT2D eigenvalue weighted by atomic mass is 16.5. The predicted octanol–water partition coefficient (Wildman–Crippen LogP) is 1.75. The summed E-state index contributed by atoms with van der Waals surface area (Å²) >= 11 is 0. The maximum atomic E-state index is 12.0. The van der Waals surface area contributed by atoms with Crippen LogP contribution in [-0.4, -0.2) is 12.9 Å². The van der Waals surface area contributed by atoms with Crippen molar-refractivity contribution in [3.63, 3.8) is 0 Å². The van der Waals surface area contributed by atoms with Gasteiger partial charge in [0, 0.05) is 17.7 Å². The minimum Gasteiger partial charge on any atom is -0.618 e. The monoisotopic (exact) mass is 243 g/mol. The zero-order chi connectivity index (χ0) is 13.0. The molecule has 0 aliphatic carbocycles. The summed E-state index contributed by atoms with van der Waals surface area (Å²) in [6, 6.07) is 11.9. The van der Waals surface area contributed by atoms with E-state index in [1.54, 1.807) is 49.6 Å². The van der Waals surface area contributed by atoms with Gasteiger partial charge in [-0.25, -0.2) is 0 Å². The molecule has 0 aliphatic heterocycles. The van der Waals surface area contributed by atoms with Gasteiger partial charge in [-0.15, -0.1) is 0 Å². The molecule has 0 N–H and O–H groups in total. The molecular formula is C14H13NO3. The molecule has 1 aromatic carbocycles. The minimum atomic E-state index is -0.0894. The van der Waals surface area contributed by atoms with Crippen LogP contribution in [0.3, 0.4) is 0 Å². The van der Waals surface area contributed by atoms with Gasteiger partial charge in [0.05, 0.1) is 13.5 Å². The van der Waals surface area contributed by atoms with E-state index >= 15 is 0 Å². The summed E-state index contributed by atoms with van der Waals surface area (Å²) in [6.45, 7) is 0. The zero-order valence-electron chi connectivity index (χ0n) is 10.00. The molecule has 2 rings (SSSR count). The lowest BCUT2D eigenvalue weighted by atomic mass is 10.1. The molecule has 2 aromatic rings. The summed E-state index contributed by atoms with van der Waals surface area (Å²) in [6.07, 6.45) is 1.48. The summed E-state index contributed by atoms with van der Waals surface area (Å²) in [4.78, 5) is 12.0. The lowest BCUT2D eigenvalue weighted by Gasteiger charge is -2.04. The van der Waals surface area contributed by atoms with E-state index in [4.69, 9.17) is 4.74 Å². The lowest BCUT2D eigenvalue weighted by molar-refractivity contribution is -0.613. The van der Waals surface area contributed by atoms with Gasteiger partial charge in [-0.2, -0.15) is 4.73 Å². The Morgan fingerprint density at radius 1 is 1.22 bits per heavy atom. The van der Waals surface area contributed by atoms with Gasteiger partial charge in [-0.1, -0.05) is 0 Å². The first-order valence-electron chi connectivity index (χ1n) is 5.55. The molecule has 4 nitrogen and oxygen atoms in total. The topological polar surface area (TPSA) is 53.2 Å². The van der Waals surface area contributed by atoms with Crippen molar-refractivity contribution in [3.8, 4) is 5.75 Å². The minimum absolute atomic E-state index is 0.0894. The third-order valence-electron chi connectivity index (χ3n) is 2.66. The molecule has 0 amide bonds. The van der Waals surface area contributed by atoms with Crippen molar-refractivity contribution in [2.75, 3.05) is 7.11 Å². The smallest absolute Gasteiger partial charge is 0.200 e. The van der Waals surface area contributed by atoms with Gasteiger partial charge in [0.1, 0.15) is 5.75 Å². The number of hydrogen-bond acceptors (Lipinski definition) is 3. The van der Waals surface area contributed by atoms with E-state index in [0.717, 1.165) is 0 Å². The highest BCUT2D eigenvalue weighted by molar-refractivity contribution is 5.97. The van der Waals surface area contributed by atoms with Crippen LogP contribution >= 0.6 is 0 Å². The van der Waals surface area contributed by atoms with Crippen LogP contribution < -0.4 is 9.47 Å². The Labute approximate surface area is 105 Å². The van der Waals surface area contributed by atoms with Crippen LogP contribution in [0.15, 0.2) is 48.7 Å². The molecule has 0 atom stereocenters. The Hall–Kier alpha value is -2.36. The van der Waals surface area contributed by atoms with Crippen molar-refractivity contribution in [1.29, 1.82) is 0 Å². The van der Waals surface area contributed by atoms with E-state index in [2.05, 4.69) is 0 Å². The van der Waals surface area contributed by atoms with Gasteiger partial charge < -0.3 is 9.94 Å². The van der Waals surface area contributed by atoms with E-state index in [1.165, 1.54) is 6.20 Å². The average molecular weight is 243 g/mol. The van der Waals surface area contributed by atoms with E-state index < -0.39 is 0 Å². The first kappa shape index (κ1) is 12.1. The van der Waals surface area contributed by atoms with Crippen molar-refractivity contribution >= 4 is 5.78 Å². The van der Waals surface area contributed by atoms with Crippen LogP contribution in [0.2, 0.25) is 0 Å². The fourth-order valence-corrected chi connectivity index (χ4v) is 1.64. The summed E-state index contributed by atoms with van der Waals surface area (Å²) in [5, 5.41) is 11.4. The number of hydrogen-bond donors (Lipinski definition) is 0. The number of pyridine rings is 1. The fourth-order valence-electron chi connectivity index (χ4n) is 1.64. The van der Waals surface area contributed by atoms with Crippen LogP contribution in [0.1, 0.15) is 16.1 Å². The average Bonchev–Trinajstić information content (AvgIpc) is 2.41. The first-order chi connectivity index (χ1) is 8.70. The number of benzene rings is 1. The summed E-state index contributed by atoms with van der Waals surface area (Å²) < 4.78 is 5.73. The number of nitrogens with zero attached hydrogens (tertiary/aromatic N) is 1. The zero-order valence-corrected chi connectivity index (χ0v) is 10.00. The van der Waals surface area contributed by atoms with Gasteiger partial charge >= 0.3 is 0 Å². The van der Waals surface area contributed by atoms with Crippen molar-refractivity contribution in [3.05, 3.63) is 65.1 Å². The molecule has 92 valence electrons. The normalized spacial score (nSPS) is 10.1. The standard InChI is InChI=1S/C14H13NO3/c1-18-13-7-5-11(6-8-13)14(16)10-12-4-2-3-9-15(12)17/h2-9H,10H2,1H3. The molecule has 4 heteroatoms. The number of rotatable bonds is 4. The number of methoxy groups -OCH3 is 1. The maximum absolute atomic E-state index is 12.0. The Balaban J connectivity index is 2.14. The third kappa shape index (κ3) is 2.66. The quantitative estimate of drug-likeness (QED) is 0.467. The molecule has 0 saturated heterocycles. The maximum Gasteiger partial charge on any atom is 0.200 e.